The van der Waals surface area contributed by atoms with Gasteiger partial charge in [0.15, 0.2) is 0 Å². The van der Waals surface area contributed by atoms with Crippen LogP contribution in [0.25, 0.3) is 0 Å². The Labute approximate surface area is 89.5 Å². The normalized spacial score (nSPS) is 11.4. The van der Waals surface area contributed by atoms with Gasteiger partial charge >= 0.3 is 0 Å². The van der Waals surface area contributed by atoms with Crippen LogP contribution >= 0.6 is 0 Å². The zero-order valence-electron chi connectivity index (χ0n) is 9.41. The summed E-state index contributed by atoms with van der Waals surface area (Å²) < 4.78 is 0. The third kappa shape index (κ3) is 2.93. The van der Waals surface area contributed by atoms with Crippen LogP contribution in [-0.2, 0) is 0 Å². The van der Waals surface area contributed by atoms with Gasteiger partial charge in [0.25, 0.3) is 0 Å². The second-order valence-electron chi connectivity index (χ2n) is 3.77. The molecule has 6 nitrogen and oxygen atoms in total. The Kier molecular flexibility index (Phi) is 3.28. The maximum absolute atomic E-state index is 5.48. The molecule has 1 aromatic rings. The molecule has 0 aliphatic rings. The Morgan fingerprint density at radius 1 is 1.07 bits per heavy atom. The highest BCUT2D eigenvalue weighted by Gasteiger charge is 2.20. The molecule has 0 aliphatic heterocycles. The Morgan fingerprint density at radius 3 is 1.93 bits per heavy atom. The van der Waals surface area contributed by atoms with E-state index in [2.05, 4.69) is 41.0 Å². The molecular weight excluding hydrogens is 192 g/mol. The van der Waals surface area contributed by atoms with Crippen LogP contribution in [0.4, 0.5) is 17.8 Å². The Balaban J connectivity index is 2.88. The van der Waals surface area contributed by atoms with Crippen LogP contribution in [-0.4, -0.2) is 20.5 Å². The molecule has 15 heavy (non-hydrogen) atoms. The smallest absolute Gasteiger partial charge is 0.229 e. The van der Waals surface area contributed by atoms with Gasteiger partial charge in [0, 0.05) is 5.54 Å². The molecule has 0 atom stereocenters. The van der Waals surface area contributed by atoms with Crippen LogP contribution in [0.5, 0.6) is 0 Å². The van der Waals surface area contributed by atoms with Gasteiger partial charge < -0.3 is 16.8 Å². The van der Waals surface area contributed by atoms with E-state index in [1.165, 1.54) is 0 Å². The van der Waals surface area contributed by atoms with Crippen molar-refractivity contribution >= 4 is 17.8 Å². The maximum Gasteiger partial charge on any atom is 0.229 e. The molecule has 0 bridgehead atoms. The summed E-state index contributed by atoms with van der Waals surface area (Å²) in [6.07, 6.45) is 1.93. The van der Waals surface area contributed by atoms with Crippen molar-refractivity contribution in [2.75, 3.05) is 16.8 Å². The summed E-state index contributed by atoms with van der Waals surface area (Å²) in [7, 11) is 0. The third-order valence-corrected chi connectivity index (χ3v) is 2.64. The van der Waals surface area contributed by atoms with Crippen molar-refractivity contribution in [1.82, 2.24) is 15.0 Å². The first-order valence-corrected chi connectivity index (χ1v) is 5.04. The summed E-state index contributed by atoms with van der Waals surface area (Å²) in [5.41, 5.74) is 10.9. The van der Waals surface area contributed by atoms with Gasteiger partial charge in [0.05, 0.1) is 0 Å². The minimum absolute atomic E-state index is 0.0414. The fraction of sp³-hybridized carbons (Fsp3) is 0.667. The zero-order valence-corrected chi connectivity index (χ0v) is 9.41. The first-order chi connectivity index (χ1) is 6.99. The number of nitrogens with one attached hydrogen (secondary N) is 1. The van der Waals surface area contributed by atoms with Gasteiger partial charge in [-0.15, -0.1) is 0 Å². The lowest BCUT2D eigenvalue weighted by Gasteiger charge is -2.28. The molecule has 6 heteroatoms. The standard InChI is InChI=1S/C9H18N6/c1-4-9(3,5-2)15-8-13-6(10)12-7(11)14-8/h4-5H2,1-3H3,(H5,10,11,12,13,14,15). The molecule has 1 aromatic heterocycles. The SMILES string of the molecule is CCC(C)(CC)Nc1nc(N)nc(N)n1. The van der Waals surface area contributed by atoms with Crippen LogP contribution in [0.15, 0.2) is 0 Å². The lowest BCUT2D eigenvalue weighted by Crippen LogP contribution is -2.34. The van der Waals surface area contributed by atoms with Crippen LogP contribution in [0.2, 0.25) is 0 Å². The molecule has 1 heterocycles. The van der Waals surface area contributed by atoms with Gasteiger partial charge in [-0.05, 0) is 19.8 Å². The third-order valence-electron chi connectivity index (χ3n) is 2.64. The number of nitrogen functional groups attached to an aromatic ring is 2. The quantitative estimate of drug-likeness (QED) is 0.685. The number of anilines is 3. The Bertz CT molecular complexity index is 313. The topological polar surface area (TPSA) is 103 Å². The number of rotatable bonds is 4. The van der Waals surface area contributed by atoms with Gasteiger partial charge in [-0.1, -0.05) is 13.8 Å². The summed E-state index contributed by atoms with van der Waals surface area (Å²) in [5, 5.41) is 3.21. The van der Waals surface area contributed by atoms with E-state index in [4.69, 9.17) is 11.5 Å². The number of nitrogens with two attached hydrogens (primary N) is 2. The molecule has 0 spiro atoms. The van der Waals surface area contributed by atoms with Gasteiger partial charge in [-0.25, -0.2) is 0 Å². The van der Waals surface area contributed by atoms with E-state index < -0.39 is 0 Å². The predicted molar refractivity (Wildman–Crippen MR) is 61.3 cm³/mol. The van der Waals surface area contributed by atoms with E-state index in [-0.39, 0.29) is 17.4 Å². The van der Waals surface area contributed by atoms with Crippen LogP contribution < -0.4 is 16.8 Å². The van der Waals surface area contributed by atoms with Gasteiger partial charge in [-0.3, -0.25) is 0 Å². The van der Waals surface area contributed by atoms with E-state index in [0.717, 1.165) is 12.8 Å². The van der Waals surface area contributed by atoms with Crippen molar-refractivity contribution in [3.8, 4) is 0 Å². The minimum atomic E-state index is -0.0414. The molecule has 0 aromatic carbocycles. The summed E-state index contributed by atoms with van der Waals surface area (Å²) in [4.78, 5) is 11.7. The first-order valence-electron chi connectivity index (χ1n) is 5.04. The van der Waals surface area contributed by atoms with E-state index in [0.29, 0.717) is 5.95 Å². The molecule has 0 unspecified atom stereocenters. The van der Waals surface area contributed by atoms with Crippen LogP contribution in [0.1, 0.15) is 33.6 Å². The fourth-order valence-electron chi connectivity index (χ4n) is 1.16. The summed E-state index contributed by atoms with van der Waals surface area (Å²) >= 11 is 0. The summed E-state index contributed by atoms with van der Waals surface area (Å²) in [5.74, 6) is 0.713. The molecule has 5 N–H and O–H groups in total. The number of nitrogens with zero attached hydrogens (tertiary/aromatic N) is 3. The average molecular weight is 210 g/mol. The molecule has 0 saturated heterocycles. The average Bonchev–Trinajstić information content (AvgIpc) is 2.16. The van der Waals surface area contributed by atoms with Gasteiger partial charge in [-0.2, -0.15) is 15.0 Å². The molecule has 0 saturated carbocycles. The Hall–Kier alpha value is -1.59. The highest BCUT2D eigenvalue weighted by Crippen LogP contribution is 2.19. The monoisotopic (exact) mass is 210 g/mol. The second-order valence-corrected chi connectivity index (χ2v) is 3.77. The fourth-order valence-corrected chi connectivity index (χ4v) is 1.16. The largest absolute Gasteiger partial charge is 0.368 e. The molecule has 0 fully saturated rings. The van der Waals surface area contributed by atoms with E-state index in [9.17, 15) is 0 Å². The highest BCUT2D eigenvalue weighted by molar-refractivity contribution is 5.38. The zero-order chi connectivity index (χ0) is 11.5. The lowest BCUT2D eigenvalue weighted by atomic mass is 9.96. The Morgan fingerprint density at radius 2 is 1.53 bits per heavy atom. The lowest BCUT2D eigenvalue weighted by molar-refractivity contribution is 0.474. The van der Waals surface area contributed by atoms with Crippen molar-refractivity contribution in [2.45, 2.75) is 39.2 Å². The summed E-state index contributed by atoms with van der Waals surface area (Å²) in [6, 6.07) is 0. The van der Waals surface area contributed by atoms with E-state index in [1.54, 1.807) is 0 Å². The number of hydrogen-bond acceptors (Lipinski definition) is 6. The van der Waals surface area contributed by atoms with Crippen molar-refractivity contribution in [3.05, 3.63) is 0 Å². The molecule has 0 amide bonds. The predicted octanol–water partition coefficient (Wildman–Crippen LogP) is 1.03. The highest BCUT2D eigenvalue weighted by atomic mass is 15.2. The molecule has 0 aliphatic carbocycles. The minimum Gasteiger partial charge on any atom is -0.368 e. The summed E-state index contributed by atoms with van der Waals surface area (Å²) in [6.45, 7) is 6.30. The molecule has 0 radical (unpaired) electrons. The molecular formula is C9H18N6. The number of hydrogen-bond donors (Lipinski definition) is 3. The van der Waals surface area contributed by atoms with Crippen LogP contribution in [0.3, 0.4) is 0 Å². The first kappa shape index (κ1) is 11.5. The van der Waals surface area contributed by atoms with Gasteiger partial charge in [0.2, 0.25) is 17.8 Å². The van der Waals surface area contributed by atoms with Gasteiger partial charge in [0.1, 0.15) is 0 Å². The van der Waals surface area contributed by atoms with E-state index in [1.807, 2.05) is 0 Å². The van der Waals surface area contributed by atoms with Crippen molar-refractivity contribution in [2.24, 2.45) is 0 Å². The van der Waals surface area contributed by atoms with Crippen LogP contribution in [0, 0.1) is 0 Å². The van der Waals surface area contributed by atoms with E-state index >= 15 is 0 Å². The van der Waals surface area contributed by atoms with Crippen molar-refractivity contribution in [3.63, 3.8) is 0 Å². The number of aromatic nitrogens is 3. The molecule has 1 rings (SSSR count). The maximum atomic E-state index is 5.48. The molecule has 84 valence electrons. The van der Waals surface area contributed by atoms with Crippen molar-refractivity contribution < 1.29 is 0 Å². The second kappa shape index (κ2) is 4.29. The van der Waals surface area contributed by atoms with Crippen molar-refractivity contribution in [1.29, 1.82) is 0 Å².